The van der Waals surface area contributed by atoms with Crippen molar-refractivity contribution in [3.8, 4) is 11.5 Å². The van der Waals surface area contributed by atoms with Crippen LogP contribution in [0.3, 0.4) is 0 Å². The Hall–Kier alpha value is -1.87. The fraction of sp³-hybridized carbons (Fsp3) is 0.214. The standard InChI is InChI=1S/C14H16N2O/c1-11-5-3-4-6-14(11)17-13-7-8-16-12(9-13)10-15-2/h3-9,15H,10H2,1-2H3. The van der Waals surface area contributed by atoms with Gasteiger partial charge in [0.25, 0.3) is 0 Å². The number of nitrogens with zero attached hydrogens (tertiary/aromatic N) is 1. The number of para-hydroxylation sites is 1. The Morgan fingerprint density at radius 2 is 2.06 bits per heavy atom. The monoisotopic (exact) mass is 228 g/mol. The molecule has 0 saturated carbocycles. The largest absolute Gasteiger partial charge is 0.457 e. The van der Waals surface area contributed by atoms with Crippen molar-refractivity contribution >= 4 is 0 Å². The zero-order valence-corrected chi connectivity index (χ0v) is 10.1. The van der Waals surface area contributed by atoms with E-state index in [0.29, 0.717) is 0 Å². The van der Waals surface area contributed by atoms with Crippen LogP contribution < -0.4 is 10.1 Å². The molecule has 3 nitrogen and oxygen atoms in total. The van der Waals surface area contributed by atoms with Crippen LogP contribution in [0.25, 0.3) is 0 Å². The first-order valence-corrected chi connectivity index (χ1v) is 5.62. The first kappa shape index (κ1) is 11.6. The van der Waals surface area contributed by atoms with Gasteiger partial charge in [-0.25, -0.2) is 0 Å². The van der Waals surface area contributed by atoms with Crippen LogP contribution in [0.1, 0.15) is 11.3 Å². The number of hydrogen-bond acceptors (Lipinski definition) is 3. The summed E-state index contributed by atoms with van der Waals surface area (Å²) in [5.41, 5.74) is 2.10. The van der Waals surface area contributed by atoms with E-state index in [1.807, 2.05) is 50.4 Å². The second-order valence-electron chi connectivity index (χ2n) is 3.88. The molecule has 1 aromatic carbocycles. The minimum Gasteiger partial charge on any atom is -0.457 e. The summed E-state index contributed by atoms with van der Waals surface area (Å²) >= 11 is 0. The number of rotatable bonds is 4. The first-order valence-electron chi connectivity index (χ1n) is 5.62. The molecule has 0 fully saturated rings. The van der Waals surface area contributed by atoms with E-state index in [0.717, 1.165) is 29.3 Å². The van der Waals surface area contributed by atoms with Gasteiger partial charge in [0.15, 0.2) is 0 Å². The summed E-state index contributed by atoms with van der Waals surface area (Å²) in [5, 5.41) is 3.07. The molecule has 0 saturated heterocycles. The average Bonchev–Trinajstić information content (AvgIpc) is 2.33. The first-order chi connectivity index (χ1) is 8.29. The smallest absolute Gasteiger partial charge is 0.130 e. The maximum absolute atomic E-state index is 5.83. The predicted octanol–water partition coefficient (Wildman–Crippen LogP) is 2.90. The molecule has 88 valence electrons. The van der Waals surface area contributed by atoms with Gasteiger partial charge in [0, 0.05) is 18.8 Å². The van der Waals surface area contributed by atoms with Crippen molar-refractivity contribution in [3.05, 3.63) is 53.9 Å². The van der Waals surface area contributed by atoms with Crippen molar-refractivity contribution in [1.82, 2.24) is 10.3 Å². The molecule has 1 heterocycles. The van der Waals surface area contributed by atoms with Gasteiger partial charge < -0.3 is 10.1 Å². The highest BCUT2D eigenvalue weighted by atomic mass is 16.5. The highest BCUT2D eigenvalue weighted by Gasteiger charge is 2.01. The predicted molar refractivity (Wildman–Crippen MR) is 68.3 cm³/mol. The Morgan fingerprint density at radius 1 is 1.24 bits per heavy atom. The Morgan fingerprint density at radius 3 is 2.82 bits per heavy atom. The summed E-state index contributed by atoms with van der Waals surface area (Å²) < 4.78 is 5.83. The number of benzene rings is 1. The molecule has 0 atom stereocenters. The fourth-order valence-corrected chi connectivity index (χ4v) is 1.60. The summed E-state index contributed by atoms with van der Waals surface area (Å²) in [4.78, 5) is 4.25. The SMILES string of the molecule is CNCc1cc(Oc2ccccc2C)ccn1. The van der Waals surface area contributed by atoms with Crippen molar-refractivity contribution in [1.29, 1.82) is 0 Å². The lowest BCUT2D eigenvalue weighted by molar-refractivity contribution is 0.477. The molecule has 0 bridgehead atoms. The lowest BCUT2D eigenvalue weighted by Gasteiger charge is -2.09. The van der Waals surface area contributed by atoms with Gasteiger partial charge in [-0.15, -0.1) is 0 Å². The molecule has 0 spiro atoms. The average molecular weight is 228 g/mol. The van der Waals surface area contributed by atoms with Crippen LogP contribution >= 0.6 is 0 Å². The third kappa shape index (κ3) is 3.04. The van der Waals surface area contributed by atoms with Crippen LogP contribution in [0.2, 0.25) is 0 Å². The van der Waals surface area contributed by atoms with Crippen LogP contribution in [-0.2, 0) is 6.54 Å². The van der Waals surface area contributed by atoms with Crippen LogP contribution in [0.5, 0.6) is 11.5 Å². The van der Waals surface area contributed by atoms with Crippen LogP contribution in [0.4, 0.5) is 0 Å². The van der Waals surface area contributed by atoms with E-state index in [2.05, 4.69) is 10.3 Å². The van der Waals surface area contributed by atoms with E-state index < -0.39 is 0 Å². The van der Waals surface area contributed by atoms with Crippen LogP contribution in [0, 0.1) is 6.92 Å². The quantitative estimate of drug-likeness (QED) is 0.873. The van der Waals surface area contributed by atoms with E-state index in [9.17, 15) is 0 Å². The summed E-state index contributed by atoms with van der Waals surface area (Å²) in [5.74, 6) is 1.70. The molecule has 2 aromatic rings. The van der Waals surface area contributed by atoms with Crippen LogP contribution in [-0.4, -0.2) is 12.0 Å². The number of ether oxygens (including phenoxy) is 1. The van der Waals surface area contributed by atoms with E-state index in [-0.39, 0.29) is 0 Å². The maximum atomic E-state index is 5.83. The van der Waals surface area contributed by atoms with Crippen molar-refractivity contribution in [2.45, 2.75) is 13.5 Å². The molecule has 0 aliphatic carbocycles. The number of nitrogens with one attached hydrogen (secondary N) is 1. The van der Waals surface area contributed by atoms with E-state index >= 15 is 0 Å². The highest BCUT2D eigenvalue weighted by molar-refractivity contribution is 5.36. The Bertz CT molecular complexity index is 497. The van der Waals surface area contributed by atoms with Gasteiger partial charge in [0.1, 0.15) is 11.5 Å². The van der Waals surface area contributed by atoms with E-state index in [1.165, 1.54) is 0 Å². The highest BCUT2D eigenvalue weighted by Crippen LogP contribution is 2.24. The van der Waals surface area contributed by atoms with Crippen molar-refractivity contribution in [2.24, 2.45) is 0 Å². The Balaban J connectivity index is 2.18. The van der Waals surface area contributed by atoms with Crippen LogP contribution in [0.15, 0.2) is 42.6 Å². The van der Waals surface area contributed by atoms with Gasteiger partial charge >= 0.3 is 0 Å². The maximum Gasteiger partial charge on any atom is 0.130 e. The van der Waals surface area contributed by atoms with E-state index in [1.54, 1.807) is 6.20 Å². The minimum absolute atomic E-state index is 0.741. The minimum atomic E-state index is 0.741. The van der Waals surface area contributed by atoms with Crippen molar-refractivity contribution < 1.29 is 4.74 Å². The Kier molecular flexibility index (Phi) is 3.73. The molecule has 0 radical (unpaired) electrons. The molecule has 0 unspecified atom stereocenters. The summed E-state index contributed by atoms with van der Waals surface area (Å²) in [7, 11) is 1.90. The van der Waals surface area contributed by atoms with Gasteiger partial charge in [-0.1, -0.05) is 18.2 Å². The molecule has 1 aromatic heterocycles. The number of aryl methyl sites for hydroxylation is 1. The number of hydrogen-bond donors (Lipinski definition) is 1. The van der Waals surface area contributed by atoms with E-state index in [4.69, 9.17) is 4.74 Å². The zero-order chi connectivity index (χ0) is 12.1. The fourth-order valence-electron chi connectivity index (χ4n) is 1.60. The van der Waals surface area contributed by atoms with Gasteiger partial charge in [0.05, 0.1) is 5.69 Å². The number of aromatic nitrogens is 1. The summed E-state index contributed by atoms with van der Waals surface area (Å²) in [6.07, 6.45) is 1.76. The normalized spacial score (nSPS) is 10.2. The molecule has 0 amide bonds. The summed E-state index contributed by atoms with van der Waals surface area (Å²) in [6.45, 7) is 2.77. The zero-order valence-electron chi connectivity index (χ0n) is 10.1. The second-order valence-corrected chi connectivity index (χ2v) is 3.88. The molecule has 17 heavy (non-hydrogen) atoms. The van der Waals surface area contributed by atoms with Gasteiger partial charge in [-0.3, -0.25) is 4.98 Å². The number of pyridine rings is 1. The molecule has 3 heteroatoms. The third-order valence-electron chi connectivity index (χ3n) is 2.47. The molecular formula is C14H16N2O. The molecule has 2 rings (SSSR count). The van der Waals surface area contributed by atoms with Crippen molar-refractivity contribution in [2.75, 3.05) is 7.05 Å². The van der Waals surface area contributed by atoms with Gasteiger partial charge in [-0.05, 0) is 31.7 Å². The third-order valence-corrected chi connectivity index (χ3v) is 2.47. The lowest BCUT2D eigenvalue weighted by Crippen LogP contribution is -2.06. The van der Waals surface area contributed by atoms with Crippen molar-refractivity contribution in [3.63, 3.8) is 0 Å². The van der Waals surface area contributed by atoms with Gasteiger partial charge in [0.2, 0.25) is 0 Å². The molecule has 0 aliphatic rings. The second kappa shape index (κ2) is 5.46. The van der Waals surface area contributed by atoms with Gasteiger partial charge in [-0.2, -0.15) is 0 Å². The molecular weight excluding hydrogens is 212 g/mol. The Labute approximate surface area is 101 Å². The topological polar surface area (TPSA) is 34.1 Å². The lowest BCUT2D eigenvalue weighted by atomic mass is 10.2. The molecule has 0 aliphatic heterocycles. The molecule has 1 N–H and O–H groups in total. The summed E-state index contributed by atoms with van der Waals surface area (Å²) in [6, 6.07) is 11.8.